The van der Waals surface area contributed by atoms with Gasteiger partial charge in [0.05, 0.1) is 19.2 Å². The molecule has 1 aromatic carbocycles. The molecule has 1 fully saturated rings. The van der Waals surface area contributed by atoms with Gasteiger partial charge in [0.15, 0.2) is 0 Å². The molecule has 0 saturated carbocycles. The van der Waals surface area contributed by atoms with E-state index in [1.807, 2.05) is 0 Å². The maximum absolute atomic E-state index is 11.6. The maximum Gasteiger partial charge on any atom is 0.338 e. The summed E-state index contributed by atoms with van der Waals surface area (Å²) in [4.78, 5) is 35.9. The number of nitrogens with zero attached hydrogens (tertiary/aromatic N) is 1. The van der Waals surface area contributed by atoms with Crippen LogP contribution in [-0.4, -0.2) is 43.0 Å². The van der Waals surface area contributed by atoms with Crippen LogP contribution in [0.15, 0.2) is 24.3 Å². The smallest absolute Gasteiger partial charge is 0.338 e. The first-order chi connectivity index (χ1) is 9.13. The van der Waals surface area contributed by atoms with Gasteiger partial charge in [-0.2, -0.15) is 0 Å². The second-order valence-electron chi connectivity index (χ2n) is 4.02. The molecular formula is C13H13NO5. The molecule has 1 aliphatic rings. The Balaban J connectivity index is 2.25. The molecular weight excluding hydrogens is 250 g/mol. The van der Waals surface area contributed by atoms with Crippen LogP contribution in [0.2, 0.25) is 0 Å². The number of carbonyl (C=O) groups excluding carboxylic acids is 3. The van der Waals surface area contributed by atoms with Crippen LogP contribution in [0.25, 0.3) is 0 Å². The first-order valence-corrected chi connectivity index (χ1v) is 5.70. The average molecular weight is 263 g/mol. The van der Waals surface area contributed by atoms with E-state index in [1.165, 1.54) is 7.11 Å². The Morgan fingerprint density at radius 1 is 1.26 bits per heavy atom. The predicted octanol–water partition coefficient (Wildman–Crippen LogP) is 0.359. The average Bonchev–Trinajstić information content (AvgIpc) is 2.42. The molecule has 0 aliphatic carbocycles. The van der Waals surface area contributed by atoms with Crippen molar-refractivity contribution < 1.29 is 23.9 Å². The van der Waals surface area contributed by atoms with Crippen LogP contribution in [0.5, 0.6) is 0 Å². The zero-order valence-corrected chi connectivity index (χ0v) is 10.4. The Kier molecular flexibility index (Phi) is 3.91. The molecule has 1 aromatic rings. The number of ether oxygens (including phenoxy) is 2. The van der Waals surface area contributed by atoms with Crippen molar-refractivity contribution in [2.75, 3.05) is 20.3 Å². The fourth-order valence-corrected chi connectivity index (χ4v) is 1.83. The molecule has 0 unspecified atom stereocenters. The summed E-state index contributed by atoms with van der Waals surface area (Å²) in [5.41, 5.74) is 0.912. The molecule has 0 atom stereocenters. The first-order valence-electron chi connectivity index (χ1n) is 5.70. The van der Waals surface area contributed by atoms with Gasteiger partial charge in [0.1, 0.15) is 13.2 Å². The third kappa shape index (κ3) is 2.79. The van der Waals surface area contributed by atoms with Crippen LogP contribution in [0.4, 0.5) is 0 Å². The highest BCUT2D eigenvalue weighted by Crippen LogP contribution is 2.14. The topological polar surface area (TPSA) is 72.9 Å². The Bertz CT molecular complexity index is 510. The van der Waals surface area contributed by atoms with Gasteiger partial charge < -0.3 is 9.47 Å². The minimum Gasteiger partial charge on any atom is -0.465 e. The summed E-state index contributed by atoms with van der Waals surface area (Å²) >= 11 is 0. The summed E-state index contributed by atoms with van der Waals surface area (Å²) in [6.07, 6.45) is 0. The lowest BCUT2D eigenvalue weighted by Gasteiger charge is -2.25. The Hall–Kier alpha value is -2.21. The summed E-state index contributed by atoms with van der Waals surface area (Å²) in [7, 11) is 1.28. The lowest BCUT2D eigenvalue weighted by atomic mass is 10.1. The third-order valence-electron chi connectivity index (χ3n) is 2.80. The van der Waals surface area contributed by atoms with Gasteiger partial charge in [-0.1, -0.05) is 18.2 Å². The van der Waals surface area contributed by atoms with Crippen LogP contribution in [0.1, 0.15) is 15.9 Å². The summed E-state index contributed by atoms with van der Waals surface area (Å²) in [6.45, 7) is -0.190. The summed E-state index contributed by atoms with van der Waals surface area (Å²) in [5.74, 6) is -1.31. The molecule has 6 nitrogen and oxygen atoms in total. The minimum atomic E-state index is -0.497. The number of hydrogen-bond acceptors (Lipinski definition) is 5. The van der Waals surface area contributed by atoms with Gasteiger partial charge in [-0.05, 0) is 11.6 Å². The molecule has 0 aromatic heterocycles. The van der Waals surface area contributed by atoms with E-state index in [1.54, 1.807) is 24.3 Å². The maximum atomic E-state index is 11.6. The molecule has 1 heterocycles. The third-order valence-corrected chi connectivity index (χ3v) is 2.80. The van der Waals surface area contributed by atoms with E-state index in [2.05, 4.69) is 4.74 Å². The SMILES string of the molecule is COC(=O)c1ccccc1CN1C(=O)COCC1=O. The van der Waals surface area contributed by atoms with E-state index >= 15 is 0 Å². The summed E-state index contributed by atoms with van der Waals surface area (Å²) in [6, 6.07) is 6.70. The molecule has 19 heavy (non-hydrogen) atoms. The number of morpholine rings is 1. The molecule has 0 spiro atoms. The van der Waals surface area contributed by atoms with Crippen molar-refractivity contribution >= 4 is 17.8 Å². The van der Waals surface area contributed by atoms with Crippen LogP contribution in [-0.2, 0) is 25.6 Å². The molecule has 1 saturated heterocycles. The number of hydrogen-bond donors (Lipinski definition) is 0. The molecule has 2 rings (SSSR count). The Labute approximate surface area is 109 Å². The van der Waals surface area contributed by atoms with Gasteiger partial charge in [0.25, 0.3) is 11.8 Å². The summed E-state index contributed by atoms with van der Waals surface area (Å²) < 4.78 is 9.50. The van der Waals surface area contributed by atoms with Gasteiger partial charge in [-0.25, -0.2) is 4.79 Å². The van der Waals surface area contributed by atoms with E-state index in [-0.39, 0.29) is 19.8 Å². The molecule has 0 bridgehead atoms. The second kappa shape index (κ2) is 5.62. The van der Waals surface area contributed by atoms with Crippen LogP contribution in [0.3, 0.4) is 0 Å². The number of rotatable bonds is 3. The molecule has 2 amide bonds. The molecule has 0 radical (unpaired) electrons. The standard InChI is InChI=1S/C13H13NO5/c1-18-13(17)10-5-3-2-4-9(10)6-14-11(15)7-19-8-12(14)16/h2-5H,6-8H2,1H3. The number of carbonyl (C=O) groups is 3. The van der Waals surface area contributed by atoms with Crippen molar-refractivity contribution in [3.63, 3.8) is 0 Å². The number of methoxy groups -OCH3 is 1. The predicted molar refractivity (Wildman–Crippen MR) is 64.2 cm³/mol. The van der Waals surface area contributed by atoms with Crippen LogP contribution in [0, 0.1) is 0 Å². The number of benzene rings is 1. The monoisotopic (exact) mass is 263 g/mol. The van der Waals surface area contributed by atoms with Gasteiger partial charge in [0.2, 0.25) is 0 Å². The number of imide groups is 1. The van der Waals surface area contributed by atoms with Crippen molar-refractivity contribution in [3.05, 3.63) is 35.4 Å². The van der Waals surface area contributed by atoms with E-state index < -0.39 is 17.8 Å². The van der Waals surface area contributed by atoms with E-state index in [4.69, 9.17) is 4.74 Å². The molecule has 100 valence electrons. The van der Waals surface area contributed by atoms with Crippen molar-refractivity contribution in [1.82, 2.24) is 4.90 Å². The first kappa shape index (κ1) is 13.2. The highest BCUT2D eigenvalue weighted by molar-refractivity contribution is 5.98. The normalized spacial score (nSPS) is 15.5. The van der Waals surface area contributed by atoms with Crippen molar-refractivity contribution in [1.29, 1.82) is 0 Å². The molecule has 1 aliphatic heterocycles. The zero-order chi connectivity index (χ0) is 13.8. The van der Waals surface area contributed by atoms with E-state index in [9.17, 15) is 14.4 Å². The van der Waals surface area contributed by atoms with Gasteiger partial charge in [0, 0.05) is 0 Å². The highest BCUT2D eigenvalue weighted by atomic mass is 16.5. The van der Waals surface area contributed by atoms with Gasteiger partial charge in [-0.15, -0.1) is 0 Å². The van der Waals surface area contributed by atoms with Crippen molar-refractivity contribution in [3.8, 4) is 0 Å². The van der Waals surface area contributed by atoms with Crippen LogP contribution < -0.4 is 0 Å². The zero-order valence-electron chi connectivity index (χ0n) is 10.4. The quantitative estimate of drug-likeness (QED) is 0.581. The lowest BCUT2D eigenvalue weighted by Crippen LogP contribution is -2.45. The molecule has 6 heteroatoms. The summed E-state index contributed by atoms with van der Waals surface area (Å²) in [5, 5.41) is 0. The van der Waals surface area contributed by atoms with Gasteiger partial charge >= 0.3 is 5.97 Å². The fourth-order valence-electron chi connectivity index (χ4n) is 1.83. The lowest BCUT2D eigenvalue weighted by molar-refractivity contribution is -0.159. The molecule has 0 N–H and O–H groups in total. The second-order valence-corrected chi connectivity index (χ2v) is 4.02. The van der Waals surface area contributed by atoms with Gasteiger partial charge in [-0.3, -0.25) is 14.5 Å². The van der Waals surface area contributed by atoms with Crippen molar-refractivity contribution in [2.24, 2.45) is 0 Å². The number of amides is 2. The number of esters is 1. The minimum absolute atomic E-state index is 0.0479. The van der Waals surface area contributed by atoms with E-state index in [0.29, 0.717) is 11.1 Å². The highest BCUT2D eigenvalue weighted by Gasteiger charge is 2.27. The van der Waals surface area contributed by atoms with E-state index in [0.717, 1.165) is 4.90 Å². The fraction of sp³-hybridized carbons (Fsp3) is 0.308. The Morgan fingerprint density at radius 2 is 1.89 bits per heavy atom. The Morgan fingerprint density at radius 3 is 2.53 bits per heavy atom. The van der Waals surface area contributed by atoms with Crippen LogP contribution >= 0.6 is 0 Å². The van der Waals surface area contributed by atoms with Crippen molar-refractivity contribution in [2.45, 2.75) is 6.54 Å². The largest absolute Gasteiger partial charge is 0.465 e.